The zero-order valence-corrected chi connectivity index (χ0v) is 13.9. The van der Waals surface area contributed by atoms with E-state index in [4.69, 9.17) is 18.6 Å². The van der Waals surface area contributed by atoms with Gasteiger partial charge in [-0.3, -0.25) is 9.59 Å². The molecule has 0 saturated carbocycles. The first-order valence-corrected chi connectivity index (χ1v) is 7.92. The molecular weight excluding hydrogens is 338 g/mol. The van der Waals surface area contributed by atoms with Crippen molar-refractivity contribution in [2.45, 2.75) is 6.54 Å². The summed E-state index contributed by atoms with van der Waals surface area (Å²) >= 11 is 0. The standard InChI is InChI=1S/C19H15NO6/c1-23-12-3-4-13-14(21)8-18(26-16(13)7-12)19(22)20-9-11-2-5-15-17(6-11)25-10-24-15/h2-8H,9-10H2,1H3,(H,20,22). The van der Waals surface area contributed by atoms with Gasteiger partial charge in [0.25, 0.3) is 5.91 Å². The van der Waals surface area contributed by atoms with Crippen LogP contribution in [0.15, 0.2) is 51.7 Å². The van der Waals surface area contributed by atoms with Crippen LogP contribution in [0.3, 0.4) is 0 Å². The molecule has 7 heteroatoms. The van der Waals surface area contributed by atoms with E-state index in [0.29, 0.717) is 28.2 Å². The summed E-state index contributed by atoms with van der Waals surface area (Å²) in [6.45, 7) is 0.451. The van der Waals surface area contributed by atoms with E-state index in [0.717, 1.165) is 5.56 Å². The maximum atomic E-state index is 12.4. The van der Waals surface area contributed by atoms with Crippen molar-refractivity contribution < 1.29 is 23.4 Å². The molecule has 0 spiro atoms. The van der Waals surface area contributed by atoms with Crippen LogP contribution in [0, 0.1) is 0 Å². The Morgan fingerprint density at radius 3 is 2.81 bits per heavy atom. The zero-order valence-electron chi connectivity index (χ0n) is 13.9. The van der Waals surface area contributed by atoms with E-state index >= 15 is 0 Å². The Bertz CT molecular complexity index is 1060. The fourth-order valence-electron chi connectivity index (χ4n) is 2.69. The predicted molar refractivity (Wildman–Crippen MR) is 92.8 cm³/mol. The van der Waals surface area contributed by atoms with Crippen molar-refractivity contribution in [3.63, 3.8) is 0 Å². The molecule has 2 aromatic carbocycles. The van der Waals surface area contributed by atoms with E-state index in [-0.39, 0.29) is 24.5 Å². The summed E-state index contributed by atoms with van der Waals surface area (Å²) in [7, 11) is 1.52. The first-order valence-electron chi connectivity index (χ1n) is 7.92. The highest BCUT2D eigenvalue weighted by atomic mass is 16.7. The molecule has 3 aromatic rings. The van der Waals surface area contributed by atoms with Gasteiger partial charge in [-0.15, -0.1) is 0 Å². The second-order valence-corrected chi connectivity index (χ2v) is 5.71. The number of rotatable bonds is 4. The molecule has 4 rings (SSSR count). The van der Waals surface area contributed by atoms with Crippen LogP contribution in [0.1, 0.15) is 16.1 Å². The zero-order chi connectivity index (χ0) is 18.1. The summed E-state index contributed by atoms with van der Waals surface area (Å²) in [5.41, 5.74) is 0.847. The molecular formula is C19H15NO6. The van der Waals surface area contributed by atoms with Gasteiger partial charge in [0.05, 0.1) is 12.5 Å². The van der Waals surface area contributed by atoms with Crippen LogP contribution >= 0.6 is 0 Å². The van der Waals surface area contributed by atoms with E-state index in [2.05, 4.69) is 5.32 Å². The fraction of sp³-hybridized carbons (Fsp3) is 0.158. The monoisotopic (exact) mass is 353 g/mol. The number of carbonyl (C=O) groups is 1. The Morgan fingerprint density at radius 1 is 1.12 bits per heavy atom. The molecule has 0 fully saturated rings. The summed E-state index contributed by atoms with van der Waals surface area (Å²) in [5.74, 6) is 1.31. The Kier molecular flexibility index (Phi) is 3.96. The van der Waals surface area contributed by atoms with Crippen LogP contribution in [0.2, 0.25) is 0 Å². The minimum atomic E-state index is -0.482. The largest absolute Gasteiger partial charge is 0.497 e. The van der Waals surface area contributed by atoms with Gasteiger partial charge in [-0.05, 0) is 29.8 Å². The molecule has 0 aliphatic carbocycles. The van der Waals surface area contributed by atoms with Crippen LogP contribution in [0.25, 0.3) is 11.0 Å². The second-order valence-electron chi connectivity index (χ2n) is 5.71. The Hall–Kier alpha value is -3.48. The molecule has 1 aliphatic heterocycles. The molecule has 132 valence electrons. The molecule has 7 nitrogen and oxygen atoms in total. The molecule has 0 saturated heterocycles. The van der Waals surface area contributed by atoms with Crippen LogP contribution in [-0.2, 0) is 6.54 Å². The van der Waals surface area contributed by atoms with Gasteiger partial charge in [-0.1, -0.05) is 6.07 Å². The molecule has 2 heterocycles. The number of carbonyl (C=O) groups excluding carboxylic acids is 1. The third-order valence-corrected chi connectivity index (χ3v) is 4.05. The number of methoxy groups -OCH3 is 1. The first-order chi connectivity index (χ1) is 12.6. The number of benzene rings is 2. The summed E-state index contributed by atoms with van der Waals surface area (Å²) in [4.78, 5) is 24.6. The average molecular weight is 353 g/mol. The van der Waals surface area contributed by atoms with Crippen molar-refractivity contribution in [1.29, 1.82) is 0 Å². The number of amides is 1. The van der Waals surface area contributed by atoms with Crippen LogP contribution in [0.5, 0.6) is 17.2 Å². The Balaban J connectivity index is 1.55. The highest BCUT2D eigenvalue weighted by Gasteiger charge is 2.15. The van der Waals surface area contributed by atoms with Gasteiger partial charge in [-0.25, -0.2) is 0 Å². The van der Waals surface area contributed by atoms with Crippen molar-refractivity contribution in [1.82, 2.24) is 5.32 Å². The van der Waals surface area contributed by atoms with E-state index < -0.39 is 5.91 Å². The van der Waals surface area contributed by atoms with Gasteiger partial charge >= 0.3 is 0 Å². The Labute approximate surface area is 148 Å². The number of ether oxygens (including phenoxy) is 3. The molecule has 0 unspecified atom stereocenters. The summed E-state index contributed by atoms with van der Waals surface area (Å²) in [5, 5.41) is 3.11. The van der Waals surface area contributed by atoms with Gasteiger partial charge in [0.2, 0.25) is 6.79 Å². The summed E-state index contributed by atoms with van der Waals surface area (Å²) in [6, 6.07) is 11.4. The maximum absolute atomic E-state index is 12.4. The Morgan fingerprint density at radius 2 is 1.96 bits per heavy atom. The lowest BCUT2D eigenvalue weighted by molar-refractivity contribution is 0.0923. The second kappa shape index (κ2) is 6.44. The lowest BCUT2D eigenvalue weighted by Gasteiger charge is -2.07. The normalized spacial score (nSPS) is 12.2. The number of nitrogens with one attached hydrogen (secondary N) is 1. The molecule has 1 aliphatic rings. The van der Waals surface area contributed by atoms with E-state index in [1.165, 1.54) is 13.2 Å². The maximum Gasteiger partial charge on any atom is 0.287 e. The molecule has 1 aromatic heterocycles. The van der Waals surface area contributed by atoms with Crippen molar-refractivity contribution in [2.24, 2.45) is 0 Å². The molecule has 0 bridgehead atoms. The van der Waals surface area contributed by atoms with Gasteiger partial charge in [0.15, 0.2) is 22.7 Å². The van der Waals surface area contributed by atoms with Gasteiger partial charge < -0.3 is 23.9 Å². The van der Waals surface area contributed by atoms with Crippen molar-refractivity contribution in [3.8, 4) is 17.2 Å². The van der Waals surface area contributed by atoms with E-state index in [1.54, 1.807) is 30.3 Å². The highest BCUT2D eigenvalue weighted by molar-refractivity contribution is 5.93. The van der Waals surface area contributed by atoms with E-state index in [9.17, 15) is 9.59 Å². The third kappa shape index (κ3) is 2.95. The highest BCUT2D eigenvalue weighted by Crippen LogP contribution is 2.32. The SMILES string of the molecule is COc1ccc2c(=O)cc(C(=O)NCc3ccc4c(c3)OCO4)oc2c1. The summed E-state index contributed by atoms with van der Waals surface area (Å²) < 4.78 is 21.3. The van der Waals surface area contributed by atoms with Crippen molar-refractivity contribution in [2.75, 3.05) is 13.9 Å². The summed E-state index contributed by atoms with van der Waals surface area (Å²) in [6.07, 6.45) is 0. The molecule has 0 atom stereocenters. The van der Waals surface area contributed by atoms with Crippen LogP contribution in [0.4, 0.5) is 0 Å². The van der Waals surface area contributed by atoms with Crippen molar-refractivity contribution in [3.05, 3.63) is 64.0 Å². The van der Waals surface area contributed by atoms with Gasteiger partial charge in [0, 0.05) is 18.7 Å². The van der Waals surface area contributed by atoms with Gasteiger partial charge in [0.1, 0.15) is 11.3 Å². The minimum absolute atomic E-state index is 0.0588. The molecule has 26 heavy (non-hydrogen) atoms. The third-order valence-electron chi connectivity index (χ3n) is 4.05. The predicted octanol–water partition coefficient (Wildman–Crippen LogP) is 2.46. The smallest absolute Gasteiger partial charge is 0.287 e. The minimum Gasteiger partial charge on any atom is -0.497 e. The van der Waals surface area contributed by atoms with Gasteiger partial charge in [-0.2, -0.15) is 0 Å². The molecule has 0 radical (unpaired) electrons. The topological polar surface area (TPSA) is 87.0 Å². The molecule has 1 amide bonds. The lowest BCUT2D eigenvalue weighted by atomic mass is 10.2. The number of fused-ring (bicyclic) bond motifs is 2. The quantitative estimate of drug-likeness (QED) is 0.775. The number of hydrogen-bond donors (Lipinski definition) is 1. The molecule has 1 N–H and O–H groups in total. The fourth-order valence-corrected chi connectivity index (χ4v) is 2.69. The number of hydrogen-bond acceptors (Lipinski definition) is 6. The van der Waals surface area contributed by atoms with E-state index in [1.807, 2.05) is 6.07 Å². The van der Waals surface area contributed by atoms with Crippen LogP contribution in [-0.4, -0.2) is 19.8 Å². The van der Waals surface area contributed by atoms with Crippen molar-refractivity contribution >= 4 is 16.9 Å². The first kappa shape index (κ1) is 16.0. The average Bonchev–Trinajstić information content (AvgIpc) is 3.13. The lowest BCUT2D eigenvalue weighted by Crippen LogP contribution is -2.24. The van der Waals surface area contributed by atoms with Crippen LogP contribution < -0.4 is 25.0 Å².